The molecule has 132 valence electrons. The van der Waals surface area contributed by atoms with Gasteiger partial charge in [-0.05, 0) is 36.4 Å². The molecule has 1 aromatic heterocycles. The fourth-order valence-electron chi connectivity index (χ4n) is 2.61. The maximum Gasteiger partial charge on any atom is 0.251 e. The molecule has 1 amide bonds. The number of nitrogens with zero attached hydrogens (tertiary/aromatic N) is 2. The first-order chi connectivity index (χ1) is 12.8. The van der Waals surface area contributed by atoms with E-state index in [4.69, 9.17) is 14.2 Å². The van der Waals surface area contributed by atoms with Crippen molar-refractivity contribution in [1.29, 1.82) is 0 Å². The Labute approximate surface area is 150 Å². The lowest BCUT2D eigenvalue weighted by atomic mass is 10.2. The molecule has 0 unspecified atom stereocenters. The molecule has 26 heavy (non-hydrogen) atoms. The van der Waals surface area contributed by atoms with Gasteiger partial charge in [-0.1, -0.05) is 6.07 Å². The summed E-state index contributed by atoms with van der Waals surface area (Å²) in [4.78, 5) is 12.3. The zero-order chi connectivity index (χ0) is 17.8. The predicted molar refractivity (Wildman–Crippen MR) is 94.0 cm³/mol. The molecule has 0 aliphatic carbocycles. The van der Waals surface area contributed by atoms with Crippen LogP contribution in [-0.2, 0) is 0 Å². The number of amides is 1. The monoisotopic (exact) mass is 351 g/mol. The zero-order valence-corrected chi connectivity index (χ0v) is 13.9. The number of carbonyl (C=O) groups excluding carboxylic acids is 1. The average Bonchev–Trinajstić information content (AvgIpc) is 3.36. The molecule has 1 aliphatic heterocycles. The van der Waals surface area contributed by atoms with Crippen LogP contribution in [0.1, 0.15) is 10.4 Å². The minimum atomic E-state index is -0.159. The van der Waals surface area contributed by atoms with E-state index in [2.05, 4.69) is 10.4 Å². The standard InChI is InChI=1S/C19H17N3O4/c23-19(14-3-1-4-15(11-14)22-9-2-7-21-22)20-8-10-24-16-5-6-17-18(12-16)26-13-25-17/h1-7,9,11-12H,8,10,13H2,(H,20,23). The van der Waals surface area contributed by atoms with E-state index in [-0.39, 0.29) is 12.7 Å². The van der Waals surface area contributed by atoms with Crippen LogP contribution in [0.4, 0.5) is 0 Å². The topological polar surface area (TPSA) is 74.6 Å². The Kier molecular flexibility index (Phi) is 4.42. The van der Waals surface area contributed by atoms with Crippen molar-refractivity contribution < 1.29 is 19.0 Å². The Hall–Kier alpha value is -3.48. The van der Waals surface area contributed by atoms with Gasteiger partial charge in [-0.3, -0.25) is 4.79 Å². The first-order valence-corrected chi connectivity index (χ1v) is 8.20. The molecule has 3 aromatic rings. The number of nitrogens with one attached hydrogen (secondary N) is 1. The van der Waals surface area contributed by atoms with Crippen LogP contribution in [-0.4, -0.2) is 35.6 Å². The highest BCUT2D eigenvalue weighted by Crippen LogP contribution is 2.34. The molecule has 0 atom stereocenters. The van der Waals surface area contributed by atoms with Gasteiger partial charge >= 0.3 is 0 Å². The number of aromatic nitrogens is 2. The SMILES string of the molecule is O=C(NCCOc1ccc2c(c1)OCO2)c1cccc(-n2cccn2)c1. The first kappa shape index (κ1) is 16.0. The lowest BCUT2D eigenvalue weighted by Crippen LogP contribution is -2.28. The summed E-state index contributed by atoms with van der Waals surface area (Å²) in [6, 6.07) is 14.5. The van der Waals surface area contributed by atoms with Crippen molar-refractivity contribution >= 4 is 5.91 Å². The Balaban J connectivity index is 1.30. The zero-order valence-electron chi connectivity index (χ0n) is 13.9. The average molecular weight is 351 g/mol. The van der Waals surface area contributed by atoms with Gasteiger partial charge in [0.05, 0.1) is 12.2 Å². The molecule has 0 saturated carbocycles. The van der Waals surface area contributed by atoms with Crippen LogP contribution in [0.2, 0.25) is 0 Å². The number of fused-ring (bicyclic) bond motifs is 1. The van der Waals surface area contributed by atoms with E-state index < -0.39 is 0 Å². The Morgan fingerprint density at radius 2 is 2.08 bits per heavy atom. The molecule has 7 heteroatoms. The summed E-state index contributed by atoms with van der Waals surface area (Å²) in [6.07, 6.45) is 3.52. The summed E-state index contributed by atoms with van der Waals surface area (Å²) < 4.78 is 17.9. The van der Waals surface area contributed by atoms with Crippen molar-refractivity contribution in [2.75, 3.05) is 19.9 Å². The third-order valence-electron chi connectivity index (χ3n) is 3.88. The summed E-state index contributed by atoms with van der Waals surface area (Å²) in [6.45, 7) is 0.968. The molecule has 0 bridgehead atoms. The summed E-state index contributed by atoms with van der Waals surface area (Å²) in [7, 11) is 0. The van der Waals surface area contributed by atoms with E-state index in [1.807, 2.05) is 30.5 Å². The van der Waals surface area contributed by atoms with Crippen LogP contribution in [0, 0.1) is 0 Å². The number of carbonyl (C=O) groups is 1. The van der Waals surface area contributed by atoms with Crippen LogP contribution in [0.5, 0.6) is 17.2 Å². The summed E-state index contributed by atoms with van der Waals surface area (Å²) >= 11 is 0. The van der Waals surface area contributed by atoms with Crippen molar-refractivity contribution in [2.24, 2.45) is 0 Å². The highest BCUT2D eigenvalue weighted by atomic mass is 16.7. The minimum absolute atomic E-state index is 0.159. The molecule has 7 nitrogen and oxygen atoms in total. The van der Waals surface area contributed by atoms with E-state index >= 15 is 0 Å². The lowest BCUT2D eigenvalue weighted by molar-refractivity contribution is 0.0947. The van der Waals surface area contributed by atoms with Gasteiger partial charge in [0.15, 0.2) is 11.5 Å². The van der Waals surface area contributed by atoms with Gasteiger partial charge in [-0.2, -0.15) is 5.10 Å². The highest BCUT2D eigenvalue weighted by Gasteiger charge is 2.13. The number of rotatable bonds is 6. The summed E-state index contributed by atoms with van der Waals surface area (Å²) in [5, 5.41) is 7.01. The van der Waals surface area contributed by atoms with E-state index in [1.54, 1.807) is 35.1 Å². The third-order valence-corrected chi connectivity index (χ3v) is 3.88. The molecule has 2 aromatic carbocycles. The van der Waals surface area contributed by atoms with Crippen molar-refractivity contribution in [3.05, 3.63) is 66.5 Å². The molecule has 2 heterocycles. The van der Waals surface area contributed by atoms with Crippen LogP contribution in [0.3, 0.4) is 0 Å². The largest absolute Gasteiger partial charge is 0.492 e. The second kappa shape index (κ2) is 7.18. The molecule has 0 spiro atoms. The van der Waals surface area contributed by atoms with Gasteiger partial charge in [0.25, 0.3) is 5.91 Å². The van der Waals surface area contributed by atoms with Crippen molar-refractivity contribution in [3.8, 4) is 22.9 Å². The highest BCUT2D eigenvalue weighted by molar-refractivity contribution is 5.94. The van der Waals surface area contributed by atoms with Gasteiger partial charge in [0, 0.05) is 24.0 Å². The maximum absolute atomic E-state index is 12.3. The number of hydrogen-bond donors (Lipinski definition) is 1. The molecular weight excluding hydrogens is 334 g/mol. The minimum Gasteiger partial charge on any atom is -0.492 e. The summed E-state index contributed by atoms with van der Waals surface area (Å²) in [5.41, 5.74) is 1.40. The fourth-order valence-corrected chi connectivity index (χ4v) is 2.61. The molecule has 0 saturated heterocycles. The van der Waals surface area contributed by atoms with E-state index in [1.165, 1.54) is 0 Å². The van der Waals surface area contributed by atoms with Gasteiger partial charge in [0.1, 0.15) is 12.4 Å². The van der Waals surface area contributed by atoms with Gasteiger partial charge in [-0.25, -0.2) is 4.68 Å². The molecule has 1 N–H and O–H groups in total. The van der Waals surface area contributed by atoms with Crippen LogP contribution >= 0.6 is 0 Å². The van der Waals surface area contributed by atoms with Crippen LogP contribution < -0.4 is 19.5 Å². The van der Waals surface area contributed by atoms with Gasteiger partial charge < -0.3 is 19.5 Å². The number of hydrogen-bond acceptors (Lipinski definition) is 5. The normalized spacial score (nSPS) is 12.0. The molecule has 1 aliphatic rings. The Morgan fingerprint density at radius 1 is 1.15 bits per heavy atom. The maximum atomic E-state index is 12.3. The van der Waals surface area contributed by atoms with Crippen molar-refractivity contribution in [1.82, 2.24) is 15.1 Å². The number of benzene rings is 2. The molecule has 4 rings (SSSR count). The van der Waals surface area contributed by atoms with Crippen molar-refractivity contribution in [2.45, 2.75) is 0 Å². The van der Waals surface area contributed by atoms with E-state index in [9.17, 15) is 4.79 Å². The van der Waals surface area contributed by atoms with Crippen LogP contribution in [0.15, 0.2) is 60.9 Å². The first-order valence-electron chi connectivity index (χ1n) is 8.20. The van der Waals surface area contributed by atoms with Gasteiger partial charge in [0.2, 0.25) is 6.79 Å². The fraction of sp³-hybridized carbons (Fsp3) is 0.158. The van der Waals surface area contributed by atoms with E-state index in [0.29, 0.717) is 36.0 Å². The lowest BCUT2D eigenvalue weighted by Gasteiger charge is -2.09. The Morgan fingerprint density at radius 3 is 2.96 bits per heavy atom. The number of ether oxygens (including phenoxy) is 3. The molecule has 0 fully saturated rings. The predicted octanol–water partition coefficient (Wildman–Crippen LogP) is 2.41. The smallest absolute Gasteiger partial charge is 0.251 e. The van der Waals surface area contributed by atoms with E-state index in [0.717, 1.165) is 5.69 Å². The summed E-state index contributed by atoms with van der Waals surface area (Å²) in [5.74, 6) is 1.89. The van der Waals surface area contributed by atoms with Crippen molar-refractivity contribution in [3.63, 3.8) is 0 Å². The second-order valence-electron chi connectivity index (χ2n) is 5.62. The third kappa shape index (κ3) is 3.46. The Bertz CT molecular complexity index is 909. The van der Waals surface area contributed by atoms with Crippen LogP contribution in [0.25, 0.3) is 5.69 Å². The second-order valence-corrected chi connectivity index (χ2v) is 5.62. The quantitative estimate of drug-likeness (QED) is 0.691. The molecular formula is C19H17N3O4. The molecule has 0 radical (unpaired) electrons. The van der Waals surface area contributed by atoms with Gasteiger partial charge in [-0.15, -0.1) is 0 Å².